The molecule has 2 unspecified atom stereocenters. The van der Waals surface area contributed by atoms with Crippen LogP contribution >= 0.6 is 0 Å². The molecule has 4 heteroatoms. The predicted molar refractivity (Wildman–Crippen MR) is 193 cm³/mol. The van der Waals surface area contributed by atoms with Crippen LogP contribution in [-0.2, 0) is 4.79 Å². The number of hydrogen-bond acceptors (Lipinski definition) is 3. The van der Waals surface area contributed by atoms with Gasteiger partial charge in [-0.05, 0) is 12.8 Å². The summed E-state index contributed by atoms with van der Waals surface area (Å²) < 4.78 is 0. The molecule has 0 heterocycles. The van der Waals surface area contributed by atoms with Gasteiger partial charge < -0.3 is 15.5 Å². The van der Waals surface area contributed by atoms with Gasteiger partial charge in [0.2, 0.25) is 5.91 Å². The maximum absolute atomic E-state index is 11.1. The minimum atomic E-state index is -0.831. The third-order valence-corrected chi connectivity index (χ3v) is 9.31. The van der Waals surface area contributed by atoms with Gasteiger partial charge in [0.1, 0.15) is 0 Å². The van der Waals surface area contributed by atoms with Crippen molar-refractivity contribution in [3.05, 3.63) is 12.2 Å². The Morgan fingerprint density at radius 2 is 0.795 bits per heavy atom. The summed E-state index contributed by atoms with van der Waals surface area (Å²) in [6.07, 6.45) is 47.8. The van der Waals surface area contributed by atoms with E-state index in [1.165, 1.54) is 200 Å². The van der Waals surface area contributed by atoms with Crippen LogP contribution in [0.5, 0.6) is 0 Å². The maximum atomic E-state index is 11.1. The molecule has 0 saturated carbocycles. The van der Waals surface area contributed by atoms with Crippen molar-refractivity contribution in [2.45, 2.75) is 231 Å². The second-order valence-electron chi connectivity index (χ2n) is 13.8. The molecule has 0 saturated heterocycles. The first-order chi connectivity index (χ1) is 21.6. The molecule has 2 atom stereocenters. The van der Waals surface area contributed by atoms with Crippen molar-refractivity contribution in [2.24, 2.45) is 0 Å². The van der Waals surface area contributed by atoms with Gasteiger partial charge in [0.25, 0.3) is 0 Å². The standard InChI is InChI=1S/C40H79NO3/c1-3-4-5-6-7-8-9-10-11-12-13-14-15-16-17-18-19-20-21-22-23-24-25-26-27-28-29-30-31-32-33-34-35-36-40(44)39(37-42)41-38(2)43/h35-36,39-40,42,44H,3-34,37H2,1-2H3,(H,41,43)/b36-35+. The van der Waals surface area contributed by atoms with Crippen LogP contribution < -0.4 is 5.32 Å². The molecule has 0 rings (SSSR count). The van der Waals surface area contributed by atoms with E-state index >= 15 is 0 Å². The van der Waals surface area contributed by atoms with Gasteiger partial charge in [-0.2, -0.15) is 0 Å². The third kappa shape index (κ3) is 34.0. The summed E-state index contributed by atoms with van der Waals surface area (Å²) in [6.45, 7) is 3.43. The SMILES string of the molecule is CCCCCCCCCCCCCCCCCCCCCCCCCCCCCCCCC/C=C/C(O)C(CO)NC(C)=O. The van der Waals surface area contributed by atoms with E-state index in [1.54, 1.807) is 6.08 Å². The highest BCUT2D eigenvalue weighted by Gasteiger charge is 2.16. The Bertz CT molecular complexity index is 593. The van der Waals surface area contributed by atoms with E-state index in [-0.39, 0.29) is 12.5 Å². The van der Waals surface area contributed by atoms with E-state index in [0.717, 1.165) is 12.8 Å². The number of amides is 1. The largest absolute Gasteiger partial charge is 0.394 e. The number of carbonyl (C=O) groups is 1. The van der Waals surface area contributed by atoms with Gasteiger partial charge in [-0.3, -0.25) is 4.79 Å². The average molecular weight is 622 g/mol. The van der Waals surface area contributed by atoms with Gasteiger partial charge in [-0.25, -0.2) is 0 Å². The fraction of sp³-hybridized carbons (Fsp3) is 0.925. The number of allylic oxidation sites excluding steroid dienone is 1. The molecule has 0 aliphatic rings. The molecular formula is C40H79NO3. The van der Waals surface area contributed by atoms with Crippen LogP contribution in [-0.4, -0.2) is 34.9 Å². The van der Waals surface area contributed by atoms with Crippen LogP contribution in [0.1, 0.15) is 219 Å². The number of hydrogen-bond donors (Lipinski definition) is 3. The molecule has 0 aliphatic heterocycles. The Labute approximate surface area is 276 Å². The predicted octanol–water partition coefficient (Wildman–Crippen LogP) is 11.9. The maximum Gasteiger partial charge on any atom is 0.217 e. The molecule has 0 aliphatic carbocycles. The summed E-state index contributed by atoms with van der Waals surface area (Å²) in [5.41, 5.74) is 0. The summed E-state index contributed by atoms with van der Waals surface area (Å²) in [5.74, 6) is -0.238. The van der Waals surface area contributed by atoms with Gasteiger partial charge in [0.05, 0.1) is 18.8 Å². The van der Waals surface area contributed by atoms with Gasteiger partial charge in [-0.15, -0.1) is 0 Å². The quantitative estimate of drug-likeness (QED) is 0.0481. The molecule has 44 heavy (non-hydrogen) atoms. The molecule has 0 radical (unpaired) electrons. The minimum absolute atomic E-state index is 0.238. The van der Waals surface area contributed by atoms with Crippen molar-refractivity contribution in [1.82, 2.24) is 5.32 Å². The van der Waals surface area contributed by atoms with Crippen LogP contribution in [0.4, 0.5) is 0 Å². The number of carbonyl (C=O) groups excluding carboxylic acids is 1. The molecular weight excluding hydrogens is 542 g/mol. The molecule has 0 aromatic heterocycles. The van der Waals surface area contributed by atoms with Crippen LogP contribution in [0.15, 0.2) is 12.2 Å². The molecule has 3 N–H and O–H groups in total. The van der Waals surface area contributed by atoms with Crippen LogP contribution in [0.2, 0.25) is 0 Å². The Hall–Kier alpha value is -0.870. The third-order valence-electron chi connectivity index (χ3n) is 9.31. The fourth-order valence-corrected chi connectivity index (χ4v) is 6.33. The van der Waals surface area contributed by atoms with Gasteiger partial charge in [0, 0.05) is 6.92 Å². The number of nitrogens with one attached hydrogen (secondary N) is 1. The lowest BCUT2D eigenvalue weighted by molar-refractivity contribution is -0.120. The smallest absolute Gasteiger partial charge is 0.217 e. The van der Waals surface area contributed by atoms with Gasteiger partial charge in [0.15, 0.2) is 0 Å². The van der Waals surface area contributed by atoms with E-state index in [1.807, 2.05) is 6.08 Å². The number of aliphatic hydroxyl groups excluding tert-OH is 2. The molecule has 1 amide bonds. The topological polar surface area (TPSA) is 69.6 Å². The second kappa shape index (κ2) is 36.6. The molecule has 0 bridgehead atoms. The highest BCUT2D eigenvalue weighted by atomic mass is 16.3. The Morgan fingerprint density at radius 3 is 1.05 bits per heavy atom. The zero-order valence-corrected chi connectivity index (χ0v) is 29.9. The molecule has 4 nitrogen and oxygen atoms in total. The van der Waals surface area contributed by atoms with Gasteiger partial charge >= 0.3 is 0 Å². The zero-order valence-electron chi connectivity index (χ0n) is 29.9. The van der Waals surface area contributed by atoms with Crippen molar-refractivity contribution >= 4 is 5.91 Å². The molecule has 262 valence electrons. The Kier molecular flexibility index (Phi) is 35.9. The average Bonchev–Trinajstić information content (AvgIpc) is 3.01. The summed E-state index contributed by atoms with van der Waals surface area (Å²) >= 11 is 0. The van der Waals surface area contributed by atoms with E-state index in [4.69, 9.17) is 0 Å². The highest BCUT2D eigenvalue weighted by Crippen LogP contribution is 2.17. The van der Waals surface area contributed by atoms with E-state index in [2.05, 4.69) is 12.2 Å². The summed E-state index contributed by atoms with van der Waals surface area (Å²) in [7, 11) is 0. The van der Waals surface area contributed by atoms with E-state index in [0.29, 0.717) is 0 Å². The normalized spacial score (nSPS) is 13.1. The lowest BCUT2D eigenvalue weighted by atomic mass is 10.0. The summed E-state index contributed by atoms with van der Waals surface area (Å²) in [4.78, 5) is 11.1. The summed E-state index contributed by atoms with van der Waals surface area (Å²) in [6, 6.07) is -0.618. The van der Waals surface area contributed by atoms with Crippen molar-refractivity contribution in [3.8, 4) is 0 Å². The number of aliphatic hydroxyl groups is 2. The monoisotopic (exact) mass is 622 g/mol. The van der Waals surface area contributed by atoms with Crippen molar-refractivity contribution < 1.29 is 15.0 Å². The van der Waals surface area contributed by atoms with Crippen LogP contribution in [0.25, 0.3) is 0 Å². The highest BCUT2D eigenvalue weighted by molar-refractivity contribution is 5.73. The van der Waals surface area contributed by atoms with Gasteiger partial charge in [-0.1, -0.05) is 212 Å². The molecule has 0 aromatic rings. The Morgan fingerprint density at radius 1 is 0.523 bits per heavy atom. The van der Waals surface area contributed by atoms with Crippen LogP contribution in [0.3, 0.4) is 0 Å². The molecule has 0 spiro atoms. The first-order valence-electron chi connectivity index (χ1n) is 19.8. The Balaban J connectivity index is 3.19. The van der Waals surface area contributed by atoms with Crippen molar-refractivity contribution in [2.75, 3.05) is 6.61 Å². The summed E-state index contributed by atoms with van der Waals surface area (Å²) in [5, 5.41) is 21.8. The van der Waals surface area contributed by atoms with E-state index in [9.17, 15) is 15.0 Å². The first kappa shape index (κ1) is 43.1. The lowest BCUT2D eigenvalue weighted by Crippen LogP contribution is -2.44. The zero-order chi connectivity index (χ0) is 32.2. The lowest BCUT2D eigenvalue weighted by Gasteiger charge is -2.18. The number of unbranched alkanes of at least 4 members (excludes halogenated alkanes) is 31. The molecule has 0 fully saturated rings. The van der Waals surface area contributed by atoms with Crippen molar-refractivity contribution in [1.29, 1.82) is 0 Å². The first-order valence-corrected chi connectivity index (χ1v) is 19.8. The minimum Gasteiger partial charge on any atom is -0.394 e. The second-order valence-corrected chi connectivity index (χ2v) is 13.8. The van der Waals surface area contributed by atoms with E-state index < -0.39 is 12.1 Å². The van der Waals surface area contributed by atoms with Crippen molar-refractivity contribution in [3.63, 3.8) is 0 Å². The molecule has 0 aromatic carbocycles. The number of rotatable bonds is 36. The van der Waals surface area contributed by atoms with Crippen LogP contribution in [0, 0.1) is 0 Å². The fourth-order valence-electron chi connectivity index (χ4n) is 6.33.